The molecule has 10 nitrogen and oxygen atoms in total. The van der Waals surface area contributed by atoms with Gasteiger partial charge in [0, 0.05) is 6.54 Å². The third-order valence-corrected chi connectivity index (χ3v) is 5.79. The maximum absolute atomic E-state index is 12.9. The first kappa shape index (κ1) is 24.6. The number of hydrogen-bond acceptors (Lipinski definition) is 7. The molecule has 1 atom stereocenters. The summed E-state index contributed by atoms with van der Waals surface area (Å²) in [5.41, 5.74) is 2.40. The summed E-state index contributed by atoms with van der Waals surface area (Å²) >= 11 is 0. The number of esters is 2. The fourth-order valence-electron chi connectivity index (χ4n) is 4.11. The molecule has 1 aliphatic heterocycles. The van der Waals surface area contributed by atoms with Gasteiger partial charge in [-0.05, 0) is 44.5 Å². The summed E-state index contributed by atoms with van der Waals surface area (Å²) < 4.78 is 12.3. The number of hydrogen-bond donors (Lipinski definition) is 2. The number of ether oxygens (including phenoxy) is 2. The topological polar surface area (TPSA) is 129 Å². The molecule has 0 aliphatic carbocycles. The van der Waals surface area contributed by atoms with E-state index in [1.165, 1.54) is 0 Å². The van der Waals surface area contributed by atoms with Crippen molar-refractivity contribution in [2.75, 3.05) is 13.2 Å². The summed E-state index contributed by atoms with van der Waals surface area (Å²) in [5, 5.41) is 5.30. The van der Waals surface area contributed by atoms with Gasteiger partial charge in [-0.1, -0.05) is 30.3 Å². The second-order valence-electron chi connectivity index (χ2n) is 8.08. The van der Waals surface area contributed by atoms with Gasteiger partial charge in [-0.15, -0.1) is 0 Å². The zero-order valence-electron chi connectivity index (χ0n) is 20.2. The molecule has 0 spiro atoms. The van der Waals surface area contributed by atoms with E-state index in [0.717, 1.165) is 0 Å². The van der Waals surface area contributed by atoms with Crippen molar-refractivity contribution in [3.8, 4) is 0 Å². The molecule has 0 saturated carbocycles. The van der Waals surface area contributed by atoms with Crippen LogP contribution in [-0.2, 0) is 20.8 Å². The Morgan fingerprint density at radius 1 is 1.03 bits per heavy atom. The molecular formula is C26H26N4O6. The minimum absolute atomic E-state index is 0.133. The van der Waals surface area contributed by atoms with Crippen LogP contribution < -0.4 is 16.2 Å². The molecule has 3 aromatic rings. The Labute approximate surface area is 206 Å². The van der Waals surface area contributed by atoms with Crippen molar-refractivity contribution < 1.29 is 23.9 Å². The Bertz CT molecular complexity index is 1430. The molecule has 1 aliphatic rings. The Morgan fingerprint density at radius 2 is 1.78 bits per heavy atom. The van der Waals surface area contributed by atoms with E-state index in [-0.39, 0.29) is 35.6 Å². The number of nitrogens with zero attached hydrogens (tertiary/aromatic N) is 2. The Kier molecular flexibility index (Phi) is 7.14. The van der Waals surface area contributed by atoms with Crippen LogP contribution in [0.2, 0.25) is 0 Å². The lowest BCUT2D eigenvalue weighted by molar-refractivity contribution is -0.139. The number of aromatic nitrogens is 2. The molecule has 2 heterocycles. The quantitative estimate of drug-likeness (QED) is 0.487. The monoisotopic (exact) mass is 490 g/mol. The summed E-state index contributed by atoms with van der Waals surface area (Å²) in [6.45, 7) is 5.39. The van der Waals surface area contributed by atoms with E-state index in [4.69, 9.17) is 9.47 Å². The number of rotatable bonds is 7. The third-order valence-electron chi connectivity index (χ3n) is 5.79. The fourth-order valence-corrected chi connectivity index (χ4v) is 4.11. The van der Waals surface area contributed by atoms with Crippen molar-refractivity contribution in [1.29, 1.82) is 0 Å². The van der Waals surface area contributed by atoms with Crippen molar-refractivity contribution in [2.24, 2.45) is 0 Å². The van der Waals surface area contributed by atoms with Crippen molar-refractivity contribution in [2.45, 2.75) is 33.4 Å². The molecular weight excluding hydrogens is 464 g/mol. The molecule has 0 bridgehead atoms. The van der Waals surface area contributed by atoms with Gasteiger partial charge in [-0.3, -0.25) is 4.79 Å². The minimum atomic E-state index is -0.772. The standard InChI is InChI=1S/C26H26N4O6/c1-4-30-20-12-11-17(13-18(20)27-15(3)23(30)31)24(32)36-14-19-21(25(33)35-5-2)22(29-26(34)28-19)16-9-7-6-8-10-16/h6-13,22H,4-5,14H2,1-3H3,(H2,28,29,34). The smallest absolute Gasteiger partial charge is 0.338 e. The van der Waals surface area contributed by atoms with Gasteiger partial charge in [0.05, 0.1) is 40.5 Å². The van der Waals surface area contributed by atoms with Crippen molar-refractivity contribution >= 4 is 29.0 Å². The van der Waals surface area contributed by atoms with Crippen molar-refractivity contribution in [1.82, 2.24) is 20.2 Å². The molecule has 2 aromatic carbocycles. The Balaban J connectivity index is 1.64. The summed E-state index contributed by atoms with van der Waals surface area (Å²) in [7, 11) is 0. The fraction of sp³-hybridized carbons (Fsp3) is 0.269. The van der Waals surface area contributed by atoms with Crippen LogP contribution in [0.4, 0.5) is 4.79 Å². The van der Waals surface area contributed by atoms with Crippen LogP contribution in [0.3, 0.4) is 0 Å². The van der Waals surface area contributed by atoms with E-state index in [1.54, 1.807) is 60.9 Å². The molecule has 186 valence electrons. The van der Waals surface area contributed by atoms with E-state index in [2.05, 4.69) is 15.6 Å². The molecule has 4 rings (SSSR count). The van der Waals surface area contributed by atoms with E-state index >= 15 is 0 Å². The maximum atomic E-state index is 12.9. The SMILES string of the molecule is CCOC(=O)C1=C(COC(=O)c2ccc3c(c2)nc(C)c(=O)n3CC)NC(=O)NC1c1ccccc1. The van der Waals surface area contributed by atoms with Gasteiger partial charge >= 0.3 is 18.0 Å². The molecule has 10 heteroatoms. The number of carbonyl (C=O) groups is 3. The van der Waals surface area contributed by atoms with E-state index in [1.807, 2.05) is 13.0 Å². The van der Waals surface area contributed by atoms with Crippen molar-refractivity contribution in [3.05, 3.63) is 87.0 Å². The zero-order valence-corrected chi connectivity index (χ0v) is 20.2. The highest BCUT2D eigenvalue weighted by Gasteiger charge is 2.34. The average molecular weight is 491 g/mol. The molecule has 1 unspecified atom stereocenters. The second-order valence-corrected chi connectivity index (χ2v) is 8.08. The zero-order chi connectivity index (χ0) is 25.8. The van der Waals surface area contributed by atoms with Gasteiger partial charge < -0.3 is 24.7 Å². The van der Waals surface area contributed by atoms with Gasteiger partial charge in [0.1, 0.15) is 12.3 Å². The largest absolute Gasteiger partial charge is 0.463 e. The molecule has 1 aromatic heterocycles. The predicted octanol–water partition coefficient (Wildman–Crippen LogP) is 2.75. The lowest BCUT2D eigenvalue weighted by Gasteiger charge is -2.29. The highest BCUT2D eigenvalue weighted by molar-refractivity contribution is 5.96. The first-order valence-corrected chi connectivity index (χ1v) is 11.5. The van der Waals surface area contributed by atoms with E-state index in [9.17, 15) is 19.2 Å². The summed E-state index contributed by atoms with van der Waals surface area (Å²) in [4.78, 5) is 54.7. The molecule has 0 fully saturated rings. The van der Waals surface area contributed by atoms with E-state index < -0.39 is 24.0 Å². The molecule has 36 heavy (non-hydrogen) atoms. The Hall–Kier alpha value is -4.47. The normalized spacial score (nSPS) is 15.3. The van der Waals surface area contributed by atoms with Gasteiger partial charge in [0.15, 0.2) is 0 Å². The van der Waals surface area contributed by atoms with Crippen LogP contribution in [0.25, 0.3) is 11.0 Å². The number of fused-ring (bicyclic) bond motifs is 1. The van der Waals surface area contributed by atoms with Crippen molar-refractivity contribution in [3.63, 3.8) is 0 Å². The predicted molar refractivity (Wildman–Crippen MR) is 131 cm³/mol. The van der Waals surface area contributed by atoms with Crippen LogP contribution in [-0.4, -0.2) is 40.7 Å². The van der Waals surface area contributed by atoms with Gasteiger partial charge in [-0.2, -0.15) is 0 Å². The average Bonchev–Trinajstić information content (AvgIpc) is 2.88. The maximum Gasteiger partial charge on any atom is 0.338 e. The summed E-state index contributed by atoms with van der Waals surface area (Å²) in [6, 6.07) is 12.4. The molecule has 2 N–H and O–H groups in total. The lowest BCUT2D eigenvalue weighted by Crippen LogP contribution is -2.47. The van der Waals surface area contributed by atoms with Crippen LogP contribution in [0, 0.1) is 6.92 Å². The highest BCUT2D eigenvalue weighted by atomic mass is 16.5. The number of urea groups is 1. The lowest BCUT2D eigenvalue weighted by atomic mass is 9.95. The van der Waals surface area contributed by atoms with Gasteiger partial charge in [-0.25, -0.2) is 19.4 Å². The number of aryl methyl sites for hydroxylation is 2. The first-order valence-electron chi connectivity index (χ1n) is 11.5. The first-order chi connectivity index (χ1) is 17.3. The molecule has 0 radical (unpaired) electrons. The number of amides is 2. The second kappa shape index (κ2) is 10.4. The molecule has 0 saturated heterocycles. The van der Waals surface area contributed by atoms with Gasteiger partial charge in [0.25, 0.3) is 5.56 Å². The number of carbonyl (C=O) groups excluding carboxylic acids is 3. The van der Waals surface area contributed by atoms with Crippen LogP contribution in [0.5, 0.6) is 0 Å². The summed E-state index contributed by atoms with van der Waals surface area (Å²) in [5.74, 6) is -1.31. The summed E-state index contributed by atoms with van der Waals surface area (Å²) in [6.07, 6.45) is 0. The number of nitrogens with one attached hydrogen (secondary N) is 2. The van der Waals surface area contributed by atoms with Crippen LogP contribution in [0.15, 0.2) is 64.6 Å². The number of benzene rings is 2. The molecule has 2 amide bonds. The van der Waals surface area contributed by atoms with Crippen LogP contribution >= 0.6 is 0 Å². The highest BCUT2D eigenvalue weighted by Crippen LogP contribution is 2.28. The Morgan fingerprint density at radius 3 is 2.47 bits per heavy atom. The van der Waals surface area contributed by atoms with Crippen LogP contribution in [0.1, 0.15) is 41.5 Å². The minimum Gasteiger partial charge on any atom is -0.463 e. The van der Waals surface area contributed by atoms with E-state index in [0.29, 0.717) is 28.8 Å². The van der Waals surface area contributed by atoms with Gasteiger partial charge in [0.2, 0.25) is 0 Å². The third kappa shape index (κ3) is 4.83.